The van der Waals surface area contributed by atoms with Crippen LogP contribution in [-0.4, -0.2) is 16.0 Å². The molecule has 0 saturated carbocycles. The average molecular weight is 255 g/mol. The van der Waals surface area contributed by atoms with E-state index in [9.17, 15) is 0 Å². The number of rotatable bonds is 6. The highest BCUT2D eigenvalue weighted by molar-refractivity contribution is 5.55. The first-order chi connectivity index (χ1) is 9.33. The number of nitrogens with one attached hydrogen (secondary N) is 1. The smallest absolute Gasteiger partial charge is 0.159 e. The van der Waals surface area contributed by atoms with E-state index < -0.39 is 0 Å². The van der Waals surface area contributed by atoms with Gasteiger partial charge in [-0.25, -0.2) is 9.97 Å². The van der Waals surface area contributed by atoms with Gasteiger partial charge in [0.05, 0.1) is 18.1 Å². The summed E-state index contributed by atoms with van der Waals surface area (Å²) in [6, 6.07) is 10.5. The lowest BCUT2D eigenvalue weighted by Gasteiger charge is -2.16. The molecule has 100 valence electrons. The second-order valence-electron chi connectivity index (χ2n) is 4.70. The molecular formula is C16H21N3. The zero-order valence-corrected chi connectivity index (χ0v) is 11.6. The Balaban J connectivity index is 2.06. The molecule has 0 amide bonds. The molecular weight excluding hydrogens is 234 g/mol. The molecule has 1 atom stereocenters. The number of nitrogens with zero attached hydrogens (tertiary/aromatic N) is 2. The monoisotopic (exact) mass is 255 g/mol. The molecule has 1 aromatic heterocycles. The van der Waals surface area contributed by atoms with Gasteiger partial charge in [0.15, 0.2) is 5.82 Å². The summed E-state index contributed by atoms with van der Waals surface area (Å²) in [7, 11) is 0. The van der Waals surface area contributed by atoms with E-state index in [-0.39, 0.29) is 0 Å². The van der Waals surface area contributed by atoms with E-state index in [0.29, 0.717) is 6.04 Å². The summed E-state index contributed by atoms with van der Waals surface area (Å²) in [6.45, 7) is 4.41. The van der Waals surface area contributed by atoms with Crippen LogP contribution in [0.5, 0.6) is 0 Å². The highest BCUT2D eigenvalue weighted by Crippen LogP contribution is 2.16. The fraction of sp³-hybridized carbons (Fsp3) is 0.375. The van der Waals surface area contributed by atoms with Crippen LogP contribution >= 0.6 is 0 Å². The van der Waals surface area contributed by atoms with E-state index in [1.807, 2.05) is 42.7 Å². The lowest BCUT2D eigenvalue weighted by molar-refractivity contribution is 0.622. The predicted molar refractivity (Wildman–Crippen MR) is 80.1 cm³/mol. The van der Waals surface area contributed by atoms with Gasteiger partial charge >= 0.3 is 0 Å². The van der Waals surface area contributed by atoms with Gasteiger partial charge in [0, 0.05) is 11.6 Å². The van der Waals surface area contributed by atoms with Gasteiger partial charge in [-0.05, 0) is 12.8 Å². The minimum Gasteiger partial charge on any atom is -0.380 e. The van der Waals surface area contributed by atoms with Crippen molar-refractivity contribution in [2.45, 2.75) is 39.2 Å². The predicted octanol–water partition coefficient (Wildman–Crippen LogP) is 4.13. The maximum absolute atomic E-state index is 4.42. The third-order valence-electron chi connectivity index (χ3n) is 3.18. The molecule has 1 heterocycles. The van der Waals surface area contributed by atoms with Crippen molar-refractivity contribution in [1.29, 1.82) is 0 Å². The fourth-order valence-electron chi connectivity index (χ4n) is 2.10. The zero-order chi connectivity index (χ0) is 13.5. The zero-order valence-electron chi connectivity index (χ0n) is 11.6. The van der Waals surface area contributed by atoms with Crippen LogP contribution in [0.2, 0.25) is 0 Å². The molecule has 0 aliphatic rings. The minimum absolute atomic E-state index is 0.510. The second-order valence-corrected chi connectivity index (χ2v) is 4.70. The maximum atomic E-state index is 4.42. The molecule has 0 radical (unpaired) electrons. The molecule has 3 nitrogen and oxygen atoms in total. The van der Waals surface area contributed by atoms with E-state index in [0.717, 1.165) is 23.5 Å². The molecule has 1 N–H and O–H groups in total. The SMILES string of the molecule is CCCC(CC)Nc1cnc(-c2ccccc2)nc1. The summed E-state index contributed by atoms with van der Waals surface area (Å²) < 4.78 is 0. The van der Waals surface area contributed by atoms with Gasteiger partial charge in [0.2, 0.25) is 0 Å². The molecule has 1 aromatic carbocycles. The number of aromatic nitrogens is 2. The molecule has 3 heteroatoms. The summed E-state index contributed by atoms with van der Waals surface area (Å²) in [5, 5.41) is 3.48. The fourth-order valence-corrected chi connectivity index (χ4v) is 2.10. The Kier molecular flexibility index (Phi) is 4.90. The second kappa shape index (κ2) is 6.88. The summed E-state index contributed by atoms with van der Waals surface area (Å²) in [5.74, 6) is 0.773. The van der Waals surface area contributed by atoms with Crippen LogP contribution in [0.1, 0.15) is 33.1 Å². The first-order valence-electron chi connectivity index (χ1n) is 6.97. The van der Waals surface area contributed by atoms with Crippen LogP contribution in [0.15, 0.2) is 42.7 Å². The summed E-state index contributed by atoms with van der Waals surface area (Å²) in [4.78, 5) is 8.85. The van der Waals surface area contributed by atoms with E-state index in [1.165, 1.54) is 12.8 Å². The lowest BCUT2D eigenvalue weighted by atomic mass is 10.1. The van der Waals surface area contributed by atoms with Crippen LogP contribution in [0, 0.1) is 0 Å². The minimum atomic E-state index is 0.510. The number of hydrogen-bond acceptors (Lipinski definition) is 3. The van der Waals surface area contributed by atoms with E-state index in [1.54, 1.807) is 0 Å². The highest BCUT2D eigenvalue weighted by atomic mass is 15.0. The molecule has 0 spiro atoms. The Hall–Kier alpha value is -1.90. The van der Waals surface area contributed by atoms with Crippen molar-refractivity contribution in [1.82, 2.24) is 9.97 Å². The van der Waals surface area contributed by atoms with Crippen molar-refractivity contribution in [2.24, 2.45) is 0 Å². The number of benzene rings is 1. The van der Waals surface area contributed by atoms with Crippen molar-refractivity contribution >= 4 is 5.69 Å². The van der Waals surface area contributed by atoms with Crippen LogP contribution in [-0.2, 0) is 0 Å². The first kappa shape index (κ1) is 13.5. The number of anilines is 1. The molecule has 0 saturated heterocycles. The molecule has 0 aliphatic heterocycles. The van der Waals surface area contributed by atoms with E-state index in [2.05, 4.69) is 29.1 Å². The Morgan fingerprint density at radius 2 is 1.74 bits per heavy atom. The molecule has 0 bridgehead atoms. The molecule has 0 aliphatic carbocycles. The van der Waals surface area contributed by atoms with Gasteiger partial charge < -0.3 is 5.32 Å². The third-order valence-corrected chi connectivity index (χ3v) is 3.18. The van der Waals surface area contributed by atoms with Crippen LogP contribution in [0.4, 0.5) is 5.69 Å². The van der Waals surface area contributed by atoms with Crippen LogP contribution in [0.25, 0.3) is 11.4 Å². The average Bonchev–Trinajstić information content (AvgIpc) is 2.48. The number of hydrogen-bond donors (Lipinski definition) is 1. The Morgan fingerprint density at radius 1 is 1.05 bits per heavy atom. The van der Waals surface area contributed by atoms with Crippen LogP contribution in [0.3, 0.4) is 0 Å². The molecule has 1 unspecified atom stereocenters. The largest absolute Gasteiger partial charge is 0.380 e. The van der Waals surface area contributed by atoms with Crippen LogP contribution < -0.4 is 5.32 Å². The Labute approximate surface area is 115 Å². The summed E-state index contributed by atoms with van der Waals surface area (Å²) in [5.41, 5.74) is 2.05. The third kappa shape index (κ3) is 3.78. The van der Waals surface area contributed by atoms with Gasteiger partial charge in [-0.2, -0.15) is 0 Å². The van der Waals surface area contributed by atoms with E-state index in [4.69, 9.17) is 0 Å². The van der Waals surface area contributed by atoms with E-state index >= 15 is 0 Å². The standard InChI is InChI=1S/C16H21N3/c1-3-8-14(4-2)19-15-11-17-16(18-12-15)13-9-6-5-7-10-13/h5-7,9-12,14,19H,3-4,8H2,1-2H3. The summed E-state index contributed by atoms with van der Waals surface area (Å²) in [6.07, 6.45) is 7.22. The van der Waals surface area contributed by atoms with Gasteiger partial charge in [-0.3, -0.25) is 0 Å². The first-order valence-corrected chi connectivity index (χ1v) is 6.97. The summed E-state index contributed by atoms with van der Waals surface area (Å²) >= 11 is 0. The highest BCUT2D eigenvalue weighted by Gasteiger charge is 2.06. The van der Waals surface area contributed by atoms with Crippen molar-refractivity contribution in [3.8, 4) is 11.4 Å². The van der Waals surface area contributed by atoms with Gasteiger partial charge in [-0.15, -0.1) is 0 Å². The van der Waals surface area contributed by atoms with Gasteiger partial charge in [0.1, 0.15) is 0 Å². The van der Waals surface area contributed by atoms with Gasteiger partial charge in [-0.1, -0.05) is 50.6 Å². The Morgan fingerprint density at radius 3 is 2.32 bits per heavy atom. The topological polar surface area (TPSA) is 37.8 Å². The maximum Gasteiger partial charge on any atom is 0.159 e. The van der Waals surface area contributed by atoms with Crippen molar-refractivity contribution in [2.75, 3.05) is 5.32 Å². The molecule has 2 rings (SSSR count). The molecule has 0 fully saturated rings. The van der Waals surface area contributed by atoms with Crippen molar-refractivity contribution < 1.29 is 0 Å². The quantitative estimate of drug-likeness (QED) is 0.843. The van der Waals surface area contributed by atoms with Crippen molar-refractivity contribution in [3.63, 3.8) is 0 Å². The van der Waals surface area contributed by atoms with Crippen molar-refractivity contribution in [3.05, 3.63) is 42.7 Å². The van der Waals surface area contributed by atoms with Gasteiger partial charge in [0.25, 0.3) is 0 Å². The Bertz CT molecular complexity index is 479. The molecule has 2 aromatic rings. The lowest BCUT2D eigenvalue weighted by Crippen LogP contribution is -2.18. The normalized spacial score (nSPS) is 12.1. The molecule has 19 heavy (non-hydrogen) atoms.